The molecule has 0 aromatic heterocycles. The van der Waals surface area contributed by atoms with Crippen LogP contribution < -0.4 is 11.1 Å². The van der Waals surface area contributed by atoms with Gasteiger partial charge in [0.25, 0.3) is 5.91 Å². The molecule has 2 aliphatic rings. The van der Waals surface area contributed by atoms with Gasteiger partial charge in [0.15, 0.2) is 0 Å². The first kappa shape index (κ1) is 17.4. The molecular formula is C18H24N4O3. The SMILES string of the molecule is CC1(C)NC(=O)N(CCCN2CCc3ccccc3[C@H]2C(N)=O)C1=O. The average molecular weight is 344 g/mol. The number of nitrogens with two attached hydrogens (primary N) is 1. The third-order valence-corrected chi connectivity index (χ3v) is 4.92. The number of carbonyl (C=O) groups excluding carboxylic acids is 3. The summed E-state index contributed by atoms with van der Waals surface area (Å²) in [6, 6.07) is 7.03. The number of rotatable bonds is 5. The predicted molar refractivity (Wildman–Crippen MR) is 92.6 cm³/mol. The molecule has 7 heteroatoms. The zero-order chi connectivity index (χ0) is 18.2. The highest BCUT2D eigenvalue weighted by Gasteiger charge is 2.43. The fraction of sp³-hybridized carbons (Fsp3) is 0.500. The normalized spacial score (nSPS) is 22.6. The van der Waals surface area contributed by atoms with Crippen molar-refractivity contribution in [1.29, 1.82) is 0 Å². The van der Waals surface area contributed by atoms with E-state index >= 15 is 0 Å². The molecule has 2 heterocycles. The van der Waals surface area contributed by atoms with E-state index in [1.54, 1.807) is 13.8 Å². The van der Waals surface area contributed by atoms with E-state index in [2.05, 4.69) is 5.32 Å². The molecule has 0 spiro atoms. The summed E-state index contributed by atoms with van der Waals surface area (Å²) < 4.78 is 0. The quantitative estimate of drug-likeness (QED) is 0.772. The number of amides is 4. The number of carbonyl (C=O) groups is 3. The summed E-state index contributed by atoms with van der Waals surface area (Å²) in [6.07, 6.45) is 1.46. The van der Waals surface area contributed by atoms with Gasteiger partial charge in [0.1, 0.15) is 11.6 Å². The minimum atomic E-state index is -0.850. The Morgan fingerprint density at radius 3 is 2.64 bits per heavy atom. The van der Waals surface area contributed by atoms with Crippen molar-refractivity contribution in [1.82, 2.24) is 15.1 Å². The number of hydrogen-bond donors (Lipinski definition) is 2. The minimum absolute atomic E-state index is 0.215. The van der Waals surface area contributed by atoms with Crippen LogP contribution in [0.3, 0.4) is 0 Å². The number of fused-ring (bicyclic) bond motifs is 1. The molecule has 0 unspecified atom stereocenters. The molecule has 1 aromatic carbocycles. The van der Waals surface area contributed by atoms with Crippen LogP contribution in [0.5, 0.6) is 0 Å². The molecule has 3 rings (SSSR count). The van der Waals surface area contributed by atoms with E-state index in [1.807, 2.05) is 29.2 Å². The molecule has 1 fully saturated rings. The van der Waals surface area contributed by atoms with E-state index in [0.717, 1.165) is 24.1 Å². The Morgan fingerprint density at radius 2 is 2.00 bits per heavy atom. The standard InChI is InChI=1S/C18H24N4O3/c1-18(2)16(24)22(17(25)20-18)10-5-9-21-11-8-12-6-3-4-7-13(12)14(21)15(19)23/h3-4,6-7,14H,5,8-11H2,1-2H3,(H2,19,23)(H,20,25)/t14-/m0/s1. The van der Waals surface area contributed by atoms with Gasteiger partial charge < -0.3 is 11.1 Å². The summed E-state index contributed by atoms with van der Waals surface area (Å²) >= 11 is 0. The maximum Gasteiger partial charge on any atom is 0.325 e. The van der Waals surface area contributed by atoms with Crippen LogP contribution in [0.2, 0.25) is 0 Å². The third-order valence-electron chi connectivity index (χ3n) is 4.92. The Labute approximate surface area is 147 Å². The molecule has 25 heavy (non-hydrogen) atoms. The molecule has 1 atom stereocenters. The van der Waals surface area contributed by atoms with Crippen LogP contribution in [0, 0.1) is 0 Å². The summed E-state index contributed by atoms with van der Waals surface area (Å²) in [5.41, 5.74) is 6.89. The molecule has 0 aliphatic carbocycles. The molecule has 2 aliphatic heterocycles. The van der Waals surface area contributed by atoms with Gasteiger partial charge in [-0.15, -0.1) is 0 Å². The van der Waals surface area contributed by atoms with Gasteiger partial charge in [-0.25, -0.2) is 4.79 Å². The van der Waals surface area contributed by atoms with Crippen molar-refractivity contribution in [2.24, 2.45) is 5.73 Å². The van der Waals surface area contributed by atoms with Crippen molar-refractivity contribution in [2.45, 2.75) is 38.3 Å². The van der Waals surface area contributed by atoms with Crippen LogP contribution >= 0.6 is 0 Å². The molecule has 0 saturated carbocycles. The molecule has 1 aromatic rings. The number of nitrogens with one attached hydrogen (secondary N) is 1. The van der Waals surface area contributed by atoms with E-state index in [-0.39, 0.29) is 17.8 Å². The molecule has 7 nitrogen and oxygen atoms in total. The topological polar surface area (TPSA) is 95.7 Å². The van der Waals surface area contributed by atoms with Gasteiger partial charge in [0.05, 0.1) is 0 Å². The van der Waals surface area contributed by atoms with Gasteiger partial charge in [-0.2, -0.15) is 0 Å². The number of benzene rings is 1. The largest absolute Gasteiger partial charge is 0.368 e. The number of primary amides is 1. The number of nitrogens with zero attached hydrogens (tertiary/aromatic N) is 2. The minimum Gasteiger partial charge on any atom is -0.368 e. The molecule has 134 valence electrons. The number of imide groups is 1. The summed E-state index contributed by atoms with van der Waals surface area (Å²) in [6.45, 7) is 5.04. The lowest BCUT2D eigenvalue weighted by molar-refractivity contribution is -0.130. The second kappa shape index (κ2) is 6.48. The van der Waals surface area contributed by atoms with Crippen LogP contribution in [-0.4, -0.2) is 52.8 Å². The summed E-state index contributed by atoms with van der Waals surface area (Å²) in [5, 5.41) is 2.67. The monoisotopic (exact) mass is 344 g/mol. The van der Waals surface area contributed by atoms with Crippen molar-refractivity contribution in [3.63, 3.8) is 0 Å². The van der Waals surface area contributed by atoms with E-state index in [4.69, 9.17) is 5.73 Å². The molecule has 1 saturated heterocycles. The summed E-state index contributed by atoms with van der Waals surface area (Å²) in [4.78, 5) is 39.4. The zero-order valence-electron chi connectivity index (χ0n) is 14.6. The van der Waals surface area contributed by atoms with Crippen LogP contribution in [0.15, 0.2) is 24.3 Å². The molecule has 0 radical (unpaired) electrons. The number of hydrogen-bond acceptors (Lipinski definition) is 4. The predicted octanol–water partition coefficient (Wildman–Crippen LogP) is 0.792. The zero-order valence-corrected chi connectivity index (χ0v) is 14.6. The summed E-state index contributed by atoms with van der Waals surface area (Å²) in [5.74, 6) is -0.587. The van der Waals surface area contributed by atoms with Crippen LogP contribution in [0.25, 0.3) is 0 Å². The van der Waals surface area contributed by atoms with Gasteiger partial charge in [-0.3, -0.25) is 19.4 Å². The van der Waals surface area contributed by atoms with Crippen LogP contribution in [0.1, 0.15) is 37.4 Å². The maximum atomic E-state index is 12.2. The third kappa shape index (κ3) is 3.24. The first-order valence-electron chi connectivity index (χ1n) is 8.56. The van der Waals surface area contributed by atoms with Crippen molar-refractivity contribution < 1.29 is 14.4 Å². The maximum absolute atomic E-state index is 12.2. The lowest BCUT2D eigenvalue weighted by atomic mass is 9.92. The smallest absolute Gasteiger partial charge is 0.325 e. The molecular weight excluding hydrogens is 320 g/mol. The second-order valence-electron chi connectivity index (χ2n) is 7.16. The fourth-order valence-corrected chi connectivity index (χ4v) is 3.65. The Morgan fingerprint density at radius 1 is 1.28 bits per heavy atom. The lowest BCUT2D eigenvalue weighted by Crippen LogP contribution is -2.44. The number of urea groups is 1. The van der Waals surface area contributed by atoms with Gasteiger partial charge >= 0.3 is 6.03 Å². The molecule has 3 N–H and O–H groups in total. The highest BCUT2D eigenvalue weighted by atomic mass is 16.2. The van der Waals surface area contributed by atoms with Gasteiger partial charge in [-0.05, 0) is 37.8 Å². The van der Waals surface area contributed by atoms with Crippen LogP contribution in [0.4, 0.5) is 4.79 Å². The lowest BCUT2D eigenvalue weighted by Gasteiger charge is -2.35. The first-order valence-corrected chi connectivity index (χ1v) is 8.56. The van der Waals surface area contributed by atoms with Crippen LogP contribution in [-0.2, 0) is 16.0 Å². The fourth-order valence-electron chi connectivity index (χ4n) is 3.65. The highest BCUT2D eigenvalue weighted by Crippen LogP contribution is 2.29. The average Bonchev–Trinajstić information content (AvgIpc) is 2.75. The van der Waals surface area contributed by atoms with Crippen molar-refractivity contribution in [3.05, 3.63) is 35.4 Å². The Bertz CT molecular complexity index is 716. The summed E-state index contributed by atoms with van der Waals surface area (Å²) in [7, 11) is 0. The van der Waals surface area contributed by atoms with E-state index in [1.165, 1.54) is 4.90 Å². The van der Waals surface area contributed by atoms with Crippen molar-refractivity contribution >= 4 is 17.8 Å². The second-order valence-corrected chi connectivity index (χ2v) is 7.16. The van der Waals surface area contributed by atoms with Gasteiger partial charge in [0.2, 0.25) is 5.91 Å². The Hall–Kier alpha value is -2.41. The van der Waals surface area contributed by atoms with E-state index in [9.17, 15) is 14.4 Å². The van der Waals surface area contributed by atoms with Crippen molar-refractivity contribution in [3.8, 4) is 0 Å². The molecule has 0 bridgehead atoms. The van der Waals surface area contributed by atoms with Gasteiger partial charge in [0, 0.05) is 19.6 Å². The first-order chi connectivity index (χ1) is 11.8. The van der Waals surface area contributed by atoms with Crippen molar-refractivity contribution in [2.75, 3.05) is 19.6 Å². The molecule has 4 amide bonds. The van der Waals surface area contributed by atoms with Gasteiger partial charge in [-0.1, -0.05) is 24.3 Å². The Balaban J connectivity index is 1.65. The highest BCUT2D eigenvalue weighted by molar-refractivity contribution is 6.06. The van der Waals surface area contributed by atoms with E-state index in [0.29, 0.717) is 19.5 Å². The van der Waals surface area contributed by atoms with E-state index < -0.39 is 11.6 Å². The Kier molecular flexibility index (Phi) is 4.51.